The van der Waals surface area contributed by atoms with E-state index in [-0.39, 0.29) is 11.9 Å². The fourth-order valence-corrected chi connectivity index (χ4v) is 3.86. The van der Waals surface area contributed by atoms with Crippen molar-refractivity contribution in [1.29, 1.82) is 0 Å². The second-order valence-electron chi connectivity index (χ2n) is 5.38. The van der Waals surface area contributed by atoms with Crippen LogP contribution in [0.4, 0.5) is 0 Å². The van der Waals surface area contributed by atoms with Gasteiger partial charge in [0, 0.05) is 24.7 Å². The minimum Gasteiger partial charge on any atom is -0.337 e. The maximum Gasteiger partial charge on any atom is 0.271 e. The lowest BCUT2D eigenvalue weighted by Crippen LogP contribution is -2.49. The molecule has 0 spiro atoms. The summed E-state index contributed by atoms with van der Waals surface area (Å²) in [5, 5.41) is 6.50. The first kappa shape index (κ1) is 12.1. The van der Waals surface area contributed by atoms with Crippen LogP contribution < -0.4 is 5.32 Å². The van der Waals surface area contributed by atoms with Crippen molar-refractivity contribution in [3.05, 3.63) is 40.1 Å². The van der Waals surface area contributed by atoms with Crippen LogP contribution in [0.1, 0.15) is 27.2 Å². The minimum absolute atomic E-state index is 0.116. The van der Waals surface area contributed by atoms with Crippen molar-refractivity contribution < 1.29 is 4.79 Å². The third kappa shape index (κ3) is 1.72. The predicted molar refractivity (Wildman–Crippen MR) is 76.9 cm³/mol. The van der Waals surface area contributed by atoms with Crippen molar-refractivity contribution >= 4 is 17.2 Å². The van der Waals surface area contributed by atoms with Crippen molar-refractivity contribution in [3.8, 4) is 0 Å². The van der Waals surface area contributed by atoms with Crippen LogP contribution in [0.15, 0.2) is 23.7 Å². The van der Waals surface area contributed by atoms with E-state index in [0.717, 1.165) is 29.5 Å². The monoisotopic (exact) mass is 288 g/mol. The largest absolute Gasteiger partial charge is 0.337 e. The number of hydrogen-bond acceptors (Lipinski definition) is 4. The molecule has 2 aromatic heterocycles. The Kier molecular flexibility index (Phi) is 2.68. The van der Waals surface area contributed by atoms with E-state index in [4.69, 9.17) is 0 Å². The standard InChI is InChI=1S/C14H16N4OS/c1-9-16-10(8-20-9)7-18-13-6-15-5-12(13)17-4-2-3-11(17)14(18)19/h2-4,8,12-13,15H,5-7H2,1H3/t12-,13-/m1/s1. The van der Waals surface area contributed by atoms with Gasteiger partial charge in [-0.25, -0.2) is 4.98 Å². The number of carbonyl (C=O) groups excluding carboxylic acids is 1. The number of amides is 1. The average molecular weight is 288 g/mol. The third-order valence-electron chi connectivity index (χ3n) is 4.17. The van der Waals surface area contributed by atoms with E-state index in [9.17, 15) is 4.79 Å². The highest BCUT2D eigenvalue weighted by atomic mass is 32.1. The topological polar surface area (TPSA) is 50.2 Å². The number of aryl methyl sites for hydroxylation is 1. The first-order valence-corrected chi connectivity index (χ1v) is 7.71. The van der Waals surface area contributed by atoms with Crippen molar-refractivity contribution in [2.24, 2.45) is 0 Å². The smallest absolute Gasteiger partial charge is 0.271 e. The zero-order valence-electron chi connectivity index (χ0n) is 11.2. The van der Waals surface area contributed by atoms with Crippen molar-refractivity contribution in [1.82, 2.24) is 19.8 Å². The molecule has 4 heterocycles. The van der Waals surface area contributed by atoms with Crippen LogP contribution in [0, 0.1) is 6.92 Å². The fraction of sp³-hybridized carbons (Fsp3) is 0.429. The fourth-order valence-electron chi connectivity index (χ4n) is 3.26. The number of rotatable bonds is 2. The summed E-state index contributed by atoms with van der Waals surface area (Å²) < 4.78 is 2.12. The molecule has 0 radical (unpaired) electrons. The highest BCUT2D eigenvalue weighted by Gasteiger charge is 2.42. The molecule has 1 amide bonds. The first-order valence-electron chi connectivity index (χ1n) is 6.83. The summed E-state index contributed by atoms with van der Waals surface area (Å²) in [6, 6.07) is 4.44. The molecule has 1 saturated heterocycles. The number of nitrogens with zero attached hydrogens (tertiary/aromatic N) is 3. The molecule has 104 valence electrons. The van der Waals surface area contributed by atoms with Gasteiger partial charge in [0.25, 0.3) is 5.91 Å². The zero-order valence-corrected chi connectivity index (χ0v) is 12.1. The summed E-state index contributed by atoms with van der Waals surface area (Å²) in [6.45, 7) is 4.39. The summed E-state index contributed by atoms with van der Waals surface area (Å²) in [6.07, 6.45) is 2.02. The zero-order chi connectivity index (χ0) is 13.7. The molecule has 4 rings (SSSR count). The molecule has 0 saturated carbocycles. The molecule has 2 aliphatic rings. The van der Waals surface area contributed by atoms with Gasteiger partial charge in [0.1, 0.15) is 5.69 Å². The number of aromatic nitrogens is 2. The molecule has 1 N–H and O–H groups in total. The number of fused-ring (bicyclic) bond motifs is 3. The van der Waals surface area contributed by atoms with Crippen LogP contribution in [0.25, 0.3) is 0 Å². The molecule has 2 atom stereocenters. The highest BCUT2D eigenvalue weighted by molar-refractivity contribution is 7.09. The van der Waals surface area contributed by atoms with Gasteiger partial charge in [-0.05, 0) is 19.1 Å². The lowest BCUT2D eigenvalue weighted by Gasteiger charge is -2.38. The molecule has 6 heteroatoms. The van der Waals surface area contributed by atoms with Crippen LogP contribution >= 0.6 is 11.3 Å². The quantitative estimate of drug-likeness (QED) is 0.909. The van der Waals surface area contributed by atoms with E-state index >= 15 is 0 Å². The van der Waals surface area contributed by atoms with E-state index in [1.54, 1.807) is 11.3 Å². The van der Waals surface area contributed by atoms with E-state index in [0.29, 0.717) is 12.6 Å². The molecule has 20 heavy (non-hydrogen) atoms. The molecule has 2 aliphatic heterocycles. The molecular formula is C14H16N4OS. The van der Waals surface area contributed by atoms with Gasteiger partial charge >= 0.3 is 0 Å². The molecule has 0 bridgehead atoms. The average Bonchev–Trinajstić information content (AvgIpc) is 3.13. The number of carbonyl (C=O) groups is 1. The van der Waals surface area contributed by atoms with Crippen molar-refractivity contribution in [2.75, 3.05) is 13.1 Å². The van der Waals surface area contributed by atoms with Crippen LogP contribution in [0.2, 0.25) is 0 Å². The predicted octanol–water partition coefficient (Wildman–Crippen LogP) is 1.42. The Morgan fingerprint density at radius 2 is 2.30 bits per heavy atom. The van der Waals surface area contributed by atoms with Crippen LogP contribution in [-0.4, -0.2) is 39.5 Å². The Balaban J connectivity index is 1.70. The van der Waals surface area contributed by atoms with Gasteiger partial charge in [0.05, 0.1) is 29.3 Å². The van der Waals surface area contributed by atoms with Gasteiger partial charge in [-0.2, -0.15) is 0 Å². The second kappa shape index (κ2) is 4.43. The molecule has 2 aromatic rings. The Morgan fingerprint density at radius 3 is 3.10 bits per heavy atom. The Labute approximate surface area is 121 Å². The highest BCUT2D eigenvalue weighted by Crippen LogP contribution is 2.31. The molecular weight excluding hydrogens is 272 g/mol. The minimum atomic E-state index is 0.116. The number of hydrogen-bond donors (Lipinski definition) is 1. The summed E-state index contributed by atoms with van der Waals surface area (Å²) in [5.41, 5.74) is 1.79. The summed E-state index contributed by atoms with van der Waals surface area (Å²) in [4.78, 5) is 19.2. The first-order chi connectivity index (χ1) is 9.74. The molecule has 0 unspecified atom stereocenters. The Bertz CT molecular complexity index is 662. The van der Waals surface area contributed by atoms with Gasteiger partial charge < -0.3 is 14.8 Å². The van der Waals surface area contributed by atoms with Gasteiger partial charge in [-0.3, -0.25) is 4.79 Å². The van der Waals surface area contributed by atoms with E-state index in [1.165, 1.54) is 0 Å². The lowest BCUT2D eigenvalue weighted by molar-refractivity contribution is 0.0559. The molecule has 5 nitrogen and oxygen atoms in total. The number of thiazole rings is 1. The maximum absolute atomic E-state index is 12.7. The van der Waals surface area contributed by atoms with Gasteiger partial charge in [-0.15, -0.1) is 11.3 Å². The van der Waals surface area contributed by atoms with Gasteiger partial charge in [-0.1, -0.05) is 0 Å². The molecule has 1 fully saturated rings. The molecule has 0 aliphatic carbocycles. The lowest BCUT2D eigenvalue weighted by atomic mass is 10.1. The van der Waals surface area contributed by atoms with Gasteiger partial charge in [0.2, 0.25) is 0 Å². The Morgan fingerprint density at radius 1 is 1.45 bits per heavy atom. The van der Waals surface area contributed by atoms with Crippen LogP contribution in [0.5, 0.6) is 0 Å². The Hall–Kier alpha value is -1.66. The van der Waals surface area contributed by atoms with Crippen molar-refractivity contribution in [2.45, 2.75) is 25.6 Å². The summed E-state index contributed by atoms with van der Waals surface area (Å²) in [7, 11) is 0. The summed E-state index contributed by atoms with van der Waals surface area (Å²) in [5.74, 6) is 0.116. The van der Waals surface area contributed by atoms with Crippen LogP contribution in [0.3, 0.4) is 0 Å². The van der Waals surface area contributed by atoms with Crippen LogP contribution in [-0.2, 0) is 6.54 Å². The third-order valence-corrected chi connectivity index (χ3v) is 4.99. The van der Waals surface area contributed by atoms with Gasteiger partial charge in [0.15, 0.2) is 0 Å². The molecule has 0 aromatic carbocycles. The maximum atomic E-state index is 12.7. The SMILES string of the molecule is Cc1nc(CN2C(=O)c3cccn3[C@@H]3CNC[C@H]32)cs1. The van der Waals surface area contributed by atoms with E-state index < -0.39 is 0 Å². The summed E-state index contributed by atoms with van der Waals surface area (Å²) >= 11 is 1.64. The van der Waals surface area contributed by atoms with E-state index in [1.807, 2.05) is 35.5 Å². The van der Waals surface area contributed by atoms with E-state index in [2.05, 4.69) is 14.9 Å². The normalized spacial score (nSPS) is 24.9. The van der Waals surface area contributed by atoms with Crippen molar-refractivity contribution in [3.63, 3.8) is 0 Å². The second-order valence-corrected chi connectivity index (χ2v) is 6.45. The number of nitrogens with one attached hydrogen (secondary N) is 1.